The van der Waals surface area contributed by atoms with Crippen LogP contribution < -0.4 is 5.73 Å². The van der Waals surface area contributed by atoms with Crippen LogP contribution in [0.15, 0.2) is 24.3 Å². The molecule has 0 saturated carbocycles. The van der Waals surface area contributed by atoms with Gasteiger partial charge in [-0.3, -0.25) is 0 Å². The number of hydrogen-bond acceptors (Lipinski definition) is 2. The molecule has 1 rings (SSSR count). The minimum absolute atomic E-state index is 0.0579. The molecule has 18 heavy (non-hydrogen) atoms. The topological polar surface area (TPSA) is 29.3 Å². The van der Waals surface area contributed by atoms with Gasteiger partial charge in [0.15, 0.2) is 0 Å². The van der Waals surface area contributed by atoms with Gasteiger partial charge in [0, 0.05) is 16.6 Å². The highest BCUT2D eigenvalue weighted by Crippen LogP contribution is 2.27. The molecule has 0 aliphatic carbocycles. The van der Waals surface area contributed by atoms with Gasteiger partial charge in [0.25, 0.3) is 0 Å². The van der Waals surface area contributed by atoms with Crippen molar-refractivity contribution in [3.63, 3.8) is 0 Å². The third-order valence-electron chi connectivity index (χ3n) is 4.15. The second-order valence-corrected chi connectivity index (χ2v) is 5.58. The van der Waals surface area contributed by atoms with Crippen LogP contribution in [-0.2, 0) is 6.42 Å². The van der Waals surface area contributed by atoms with Crippen molar-refractivity contribution in [1.29, 1.82) is 0 Å². The van der Waals surface area contributed by atoms with Crippen LogP contribution in [0.3, 0.4) is 0 Å². The van der Waals surface area contributed by atoms with Gasteiger partial charge < -0.3 is 10.6 Å². The number of likely N-dealkylation sites (N-methyl/N-ethyl adjacent to an activating group) is 1. The average molecular weight is 269 g/mol. The smallest absolute Gasteiger partial charge is 0.0408 e. The summed E-state index contributed by atoms with van der Waals surface area (Å²) in [5.41, 5.74) is 7.74. The molecule has 0 radical (unpaired) electrons. The maximum Gasteiger partial charge on any atom is 0.0408 e. The van der Waals surface area contributed by atoms with Crippen LogP contribution >= 0.6 is 11.6 Å². The molecule has 1 aromatic carbocycles. The van der Waals surface area contributed by atoms with E-state index in [1.54, 1.807) is 0 Å². The van der Waals surface area contributed by atoms with Crippen molar-refractivity contribution in [2.24, 2.45) is 5.73 Å². The van der Waals surface area contributed by atoms with Crippen LogP contribution in [0.5, 0.6) is 0 Å². The number of rotatable bonds is 6. The fourth-order valence-corrected chi connectivity index (χ4v) is 3.06. The van der Waals surface area contributed by atoms with E-state index in [0.717, 1.165) is 24.3 Å². The van der Waals surface area contributed by atoms with Crippen LogP contribution in [0.25, 0.3) is 0 Å². The lowest BCUT2D eigenvalue weighted by Gasteiger charge is -2.43. The van der Waals surface area contributed by atoms with Gasteiger partial charge in [-0.15, -0.1) is 0 Å². The van der Waals surface area contributed by atoms with Crippen molar-refractivity contribution in [1.82, 2.24) is 4.90 Å². The maximum absolute atomic E-state index is 6.47. The lowest BCUT2D eigenvalue weighted by molar-refractivity contribution is 0.105. The summed E-state index contributed by atoms with van der Waals surface area (Å²) in [6.45, 7) is 4.42. The van der Waals surface area contributed by atoms with Gasteiger partial charge in [0.1, 0.15) is 0 Å². The number of halogens is 1. The Kier molecular flexibility index (Phi) is 5.64. The van der Waals surface area contributed by atoms with Gasteiger partial charge in [-0.05, 0) is 51.1 Å². The molecule has 3 heteroatoms. The summed E-state index contributed by atoms with van der Waals surface area (Å²) in [4.78, 5) is 2.27. The normalized spacial score (nSPS) is 13.9. The van der Waals surface area contributed by atoms with E-state index < -0.39 is 0 Å². The zero-order valence-electron chi connectivity index (χ0n) is 11.9. The Labute approximate surface area is 116 Å². The third-order valence-corrected chi connectivity index (χ3v) is 4.39. The Morgan fingerprint density at radius 3 is 2.33 bits per heavy atom. The van der Waals surface area contributed by atoms with Gasteiger partial charge >= 0.3 is 0 Å². The minimum atomic E-state index is 0.0579. The van der Waals surface area contributed by atoms with Gasteiger partial charge in [0.2, 0.25) is 0 Å². The first-order valence-electron chi connectivity index (χ1n) is 6.63. The third kappa shape index (κ3) is 3.25. The highest BCUT2D eigenvalue weighted by molar-refractivity contribution is 6.30. The number of hydrogen-bond donors (Lipinski definition) is 1. The maximum atomic E-state index is 6.47. The van der Waals surface area contributed by atoms with Crippen LogP contribution in [0.2, 0.25) is 5.02 Å². The van der Waals surface area contributed by atoms with Gasteiger partial charge in [0.05, 0.1) is 0 Å². The Morgan fingerprint density at radius 1 is 1.28 bits per heavy atom. The van der Waals surface area contributed by atoms with Crippen molar-refractivity contribution in [3.8, 4) is 0 Å². The minimum Gasteiger partial charge on any atom is -0.326 e. The quantitative estimate of drug-likeness (QED) is 0.858. The molecule has 0 spiro atoms. The Hall–Kier alpha value is -0.570. The molecule has 0 aliphatic heterocycles. The summed E-state index contributed by atoms with van der Waals surface area (Å²) >= 11 is 6.02. The van der Waals surface area contributed by atoms with E-state index in [1.807, 2.05) is 18.2 Å². The molecular weight excluding hydrogens is 244 g/mol. The molecule has 0 aromatic heterocycles. The Balaban J connectivity index is 2.88. The molecule has 0 fully saturated rings. The van der Waals surface area contributed by atoms with E-state index in [4.69, 9.17) is 17.3 Å². The molecular formula is C15H25ClN2. The largest absolute Gasteiger partial charge is 0.326 e. The SMILES string of the molecule is CCC(CC)(C(N)Cc1cccc(Cl)c1)N(C)C. The Bertz CT molecular complexity index is 373. The van der Waals surface area contributed by atoms with Crippen LogP contribution in [0.4, 0.5) is 0 Å². The molecule has 2 nitrogen and oxygen atoms in total. The standard InChI is InChI=1S/C15H25ClN2/c1-5-15(6-2,18(3)4)14(17)11-12-8-7-9-13(16)10-12/h7-10,14H,5-6,11,17H2,1-4H3. The van der Waals surface area contributed by atoms with Crippen molar-refractivity contribution < 1.29 is 0 Å². The molecule has 1 aromatic rings. The first kappa shape index (κ1) is 15.5. The van der Waals surface area contributed by atoms with Crippen molar-refractivity contribution >= 4 is 11.6 Å². The van der Waals surface area contributed by atoms with Crippen molar-refractivity contribution in [2.45, 2.75) is 44.7 Å². The molecule has 102 valence electrons. The molecule has 1 atom stereocenters. The molecule has 0 aliphatic rings. The van der Waals surface area contributed by atoms with Crippen molar-refractivity contribution in [3.05, 3.63) is 34.9 Å². The fraction of sp³-hybridized carbons (Fsp3) is 0.600. The van der Waals surface area contributed by atoms with E-state index in [0.29, 0.717) is 0 Å². The van der Waals surface area contributed by atoms with E-state index in [2.05, 4.69) is 38.9 Å². The zero-order valence-corrected chi connectivity index (χ0v) is 12.7. The number of benzene rings is 1. The summed E-state index contributed by atoms with van der Waals surface area (Å²) in [7, 11) is 4.23. The Morgan fingerprint density at radius 2 is 1.89 bits per heavy atom. The lowest BCUT2D eigenvalue weighted by atomic mass is 9.81. The molecule has 2 N–H and O–H groups in total. The monoisotopic (exact) mass is 268 g/mol. The highest BCUT2D eigenvalue weighted by atomic mass is 35.5. The van der Waals surface area contributed by atoms with Gasteiger partial charge in [-0.1, -0.05) is 37.6 Å². The molecule has 0 heterocycles. The van der Waals surface area contributed by atoms with E-state index in [1.165, 1.54) is 5.56 Å². The lowest BCUT2D eigenvalue weighted by Crippen LogP contribution is -2.57. The van der Waals surface area contributed by atoms with Crippen LogP contribution in [-0.4, -0.2) is 30.6 Å². The molecule has 1 unspecified atom stereocenters. The van der Waals surface area contributed by atoms with Gasteiger partial charge in [-0.25, -0.2) is 0 Å². The molecule has 0 amide bonds. The summed E-state index contributed by atoms with van der Waals surface area (Å²) in [5, 5.41) is 0.781. The first-order chi connectivity index (χ1) is 8.46. The van der Waals surface area contributed by atoms with Gasteiger partial charge in [-0.2, -0.15) is 0 Å². The number of nitrogens with zero attached hydrogens (tertiary/aromatic N) is 1. The van der Waals surface area contributed by atoms with E-state index in [9.17, 15) is 0 Å². The summed E-state index contributed by atoms with van der Waals surface area (Å²) < 4.78 is 0. The first-order valence-corrected chi connectivity index (χ1v) is 7.01. The zero-order chi connectivity index (χ0) is 13.8. The van der Waals surface area contributed by atoms with Crippen molar-refractivity contribution in [2.75, 3.05) is 14.1 Å². The molecule has 0 bridgehead atoms. The summed E-state index contributed by atoms with van der Waals surface area (Å²) in [6, 6.07) is 8.10. The molecule has 0 saturated heterocycles. The average Bonchev–Trinajstić information content (AvgIpc) is 2.30. The number of nitrogens with two attached hydrogens (primary N) is 1. The van der Waals surface area contributed by atoms with E-state index >= 15 is 0 Å². The second-order valence-electron chi connectivity index (χ2n) is 5.15. The van der Waals surface area contributed by atoms with E-state index in [-0.39, 0.29) is 11.6 Å². The predicted octanol–water partition coefficient (Wildman–Crippen LogP) is 3.33. The van der Waals surface area contributed by atoms with Crippen LogP contribution in [0.1, 0.15) is 32.3 Å². The summed E-state index contributed by atoms with van der Waals surface area (Å²) in [5.74, 6) is 0. The highest BCUT2D eigenvalue weighted by Gasteiger charge is 2.35. The summed E-state index contributed by atoms with van der Waals surface area (Å²) in [6.07, 6.45) is 2.97. The predicted molar refractivity (Wildman–Crippen MR) is 80.1 cm³/mol. The second kappa shape index (κ2) is 6.55. The van der Waals surface area contributed by atoms with Crippen LogP contribution in [0, 0.1) is 0 Å². The fourth-order valence-electron chi connectivity index (χ4n) is 2.85.